The third-order valence-corrected chi connectivity index (χ3v) is 4.19. The second-order valence-corrected chi connectivity index (χ2v) is 6.03. The quantitative estimate of drug-likeness (QED) is 0.876. The number of hydrogen-bond donors (Lipinski definition) is 2. The van der Waals surface area contributed by atoms with Gasteiger partial charge in [-0.25, -0.2) is 9.18 Å². The Morgan fingerprint density at radius 3 is 2.79 bits per heavy atom. The highest BCUT2D eigenvalue weighted by molar-refractivity contribution is 5.73. The third kappa shape index (κ3) is 3.92. The first-order valence-corrected chi connectivity index (χ1v) is 8.17. The van der Waals surface area contributed by atoms with E-state index in [0.717, 1.165) is 30.4 Å². The van der Waals surface area contributed by atoms with Crippen molar-refractivity contribution in [3.8, 4) is 16.9 Å². The highest BCUT2D eigenvalue weighted by Crippen LogP contribution is 2.28. The number of ether oxygens (including phenoxy) is 1. The maximum Gasteiger partial charge on any atom is 0.412 e. The Kier molecular flexibility index (Phi) is 5.11. The van der Waals surface area contributed by atoms with Crippen molar-refractivity contribution in [1.29, 1.82) is 0 Å². The summed E-state index contributed by atoms with van der Waals surface area (Å²) in [5.41, 5.74) is 2.23. The molecule has 4 nitrogen and oxygen atoms in total. The number of amides is 1. The summed E-state index contributed by atoms with van der Waals surface area (Å²) in [6, 6.07) is 12.2. The molecule has 1 amide bonds. The van der Waals surface area contributed by atoms with Crippen molar-refractivity contribution >= 4 is 6.09 Å². The number of carbonyl (C=O) groups is 1. The highest BCUT2D eigenvalue weighted by Gasteiger charge is 2.20. The van der Waals surface area contributed by atoms with E-state index in [2.05, 4.69) is 10.6 Å². The molecule has 1 aliphatic carbocycles. The Bertz CT molecular complexity index is 729. The lowest BCUT2D eigenvalue weighted by atomic mass is 9.93. The van der Waals surface area contributed by atoms with E-state index >= 15 is 0 Å². The molecule has 1 aliphatic rings. The molecule has 2 aromatic carbocycles. The summed E-state index contributed by atoms with van der Waals surface area (Å²) in [7, 11) is 1.86. The van der Waals surface area contributed by atoms with Gasteiger partial charge in [-0.2, -0.15) is 0 Å². The van der Waals surface area contributed by atoms with Crippen LogP contribution >= 0.6 is 0 Å². The summed E-state index contributed by atoms with van der Waals surface area (Å²) >= 11 is 0. The number of rotatable bonds is 5. The Labute approximate surface area is 141 Å². The molecular formula is C19H21FN2O2. The summed E-state index contributed by atoms with van der Waals surface area (Å²) in [4.78, 5) is 11.9. The smallest absolute Gasteiger partial charge is 0.410 e. The largest absolute Gasteiger partial charge is 0.412 e. The van der Waals surface area contributed by atoms with Gasteiger partial charge in [-0.05, 0) is 61.7 Å². The van der Waals surface area contributed by atoms with Crippen molar-refractivity contribution in [3.63, 3.8) is 0 Å². The zero-order chi connectivity index (χ0) is 16.9. The van der Waals surface area contributed by atoms with Crippen molar-refractivity contribution in [3.05, 3.63) is 53.8 Å². The van der Waals surface area contributed by atoms with Gasteiger partial charge < -0.3 is 15.4 Å². The van der Waals surface area contributed by atoms with E-state index in [9.17, 15) is 9.18 Å². The summed E-state index contributed by atoms with van der Waals surface area (Å²) in [5.74, 6) is -0.00870. The normalized spacial score (nSPS) is 14.1. The Hall–Kier alpha value is -2.40. The van der Waals surface area contributed by atoms with Crippen LogP contribution in [0.1, 0.15) is 24.8 Å². The molecule has 0 spiro atoms. The zero-order valence-electron chi connectivity index (χ0n) is 13.6. The number of halogens is 1. The minimum atomic E-state index is -0.485. The lowest BCUT2D eigenvalue weighted by Gasteiger charge is -2.25. The van der Waals surface area contributed by atoms with Crippen LogP contribution in [0.3, 0.4) is 0 Å². The molecule has 0 aromatic heterocycles. The molecule has 0 saturated heterocycles. The van der Waals surface area contributed by atoms with Gasteiger partial charge in [-0.3, -0.25) is 0 Å². The van der Waals surface area contributed by atoms with Crippen molar-refractivity contribution in [2.24, 2.45) is 0 Å². The molecule has 0 aliphatic heterocycles. The maximum atomic E-state index is 14.2. The van der Waals surface area contributed by atoms with Gasteiger partial charge in [0.1, 0.15) is 11.6 Å². The van der Waals surface area contributed by atoms with Crippen molar-refractivity contribution < 1.29 is 13.9 Å². The molecule has 2 N–H and O–H groups in total. The second-order valence-electron chi connectivity index (χ2n) is 6.03. The molecule has 1 fully saturated rings. The van der Waals surface area contributed by atoms with Gasteiger partial charge in [-0.15, -0.1) is 0 Å². The number of hydrogen-bond acceptors (Lipinski definition) is 3. The first-order chi connectivity index (χ1) is 11.7. The van der Waals surface area contributed by atoms with Crippen LogP contribution in [0.5, 0.6) is 5.75 Å². The lowest BCUT2D eigenvalue weighted by Crippen LogP contribution is -2.41. The molecule has 5 heteroatoms. The molecule has 0 atom stereocenters. The summed E-state index contributed by atoms with van der Waals surface area (Å²) < 4.78 is 19.5. The predicted molar refractivity (Wildman–Crippen MR) is 91.4 cm³/mol. The van der Waals surface area contributed by atoms with Crippen LogP contribution < -0.4 is 15.4 Å². The standard InChI is InChI=1S/C19H21FN2O2/c1-21-12-13-4-2-5-14(10-13)17-11-16(8-9-18(17)20)24-19(23)22-15-6-3-7-15/h2,4-5,8-11,15,21H,3,6-7,12H2,1H3,(H,22,23). The van der Waals surface area contributed by atoms with E-state index in [1.165, 1.54) is 12.1 Å². The molecule has 0 bridgehead atoms. The molecule has 0 heterocycles. The van der Waals surface area contributed by atoms with E-state index in [1.807, 2.05) is 31.3 Å². The van der Waals surface area contributed by atoms with Gasteiger partial charge in [0, 0.05) is 18.2 Å². The van der Waals surface area contributed by atoms with Crippen LogP contribution in [-0.2, 0) is 6.54 Å². The summed E-state index contributed by atoms with van der Waals surface area (Å²) in [6.45, 7) is 0.704. The van der Waals surface area contributed by atoms with E-state index in [4.69, 9.17) is 4.74 Å². The molecule has 3 rings (SSSR count). The van der Waals surface area contributed by atoms with Crippen LogP contribution in [0.15, 0.2) is 42.5 Å². The van der Waals surface area contributed by atoms with Crippen molar-refractivity contribution in [2.45, 2.75) is 31.8 Å². The molecule has 2 aromatic rings. The molecule has 24 heavy (non-hydrogen) atoms. The number of carbonyl (C=O) groups excluding carboxylic acids is 1. The Morgan fingerprint density at radius 2 is 2.08 bits per heavy atom. The predicted octanol–water partition coefficient (Wildman–Crippen LogP) is 3.85. The van der Waals surface area contributed by atoms with Crippen molar-refractivity contribution in [2.75, 3.05) is 7.05 Å². The fourth-order valence-electron chi connectivity index (χ4n) is 2.70. The highest BCUT2D eigenvalue weighted by atomic mass is 19.1. The van der Waals surface area contributed by atoms with Gasteiger partial charge >= 0.3 is 6.09 Å². The van der Waals surface area contributed by atoms with Crippen molar-refractivity contribution in [1.82, 2.24) is 10.6 Å². The van der Waals surface area contributed by atoms with Gasteiger partial charge in [0.25, 0.3) is 0 Å². The monoisotopic (exact) mass is 328 g/mol. The Morgan fingerprint density at radius 1 is 1.25 bits per heavy atom. The first-order valence-electron chi connectivity index (χ1n) is 8.17. The van der Waals surface area contributed by atoms with Crippen LogP contribution in [-0.4, -0.2) is 19.2 Å². The van der Waals surface area contributed by atoms with Crippen LogP contribution in [0.4, 0.5) is 9.18 Å². The van der Waals surface area contributed by atoms with Gasteiger partial charge in [0.2, 0.25) is 0 Å². The molecule has 126 valence electrons. The second kappa shape index (κ2) is 7.45. The zero-order valence-corrected chi connectivity index (χ0v) is 13.6. The van der Waals surface area contributed by atoms with E-state index in [1.54, 1.807) is 6.07 Å². The van der Waals surface area contributed by atoms with Gasteiger partial charge in [0.05, 0.1) is 0 Å². The average Bonchev–Trinajstić information content (AvgIpc) is 2.53. The Balaban J connectivity index is 1.78. The maximum absolute atomic E-state index is 14.2. The van der Waals surface area contributed by atoms with E-state index < -0.39 is 6.09 Å². The molecule has 1 saturated carbocycles. The molecule has 0 radical (unpaired) electrons. The lowest BCUT2D eigenvalue weighted by molar-refractivity contribution is 0.188. The summed E-state index contributed by atoms with van der Waals surface area (Å²) in [5, 5.41) is 5.87. The summed E-state index contributed by atoms with van der Waals surface area (Å²) in [6.07, 6.45) is 2.62. The topological polar surface area (TPSA) is 50.4 Å². The van der Waals surface area contributed by atoms with E-state index in [-0.39, 0.29) is 11.9 Å². The van der Waals surface area contributed by atoms with Crippen LogP contribution in [0.25, 0.3) is 11.1 Å². The van der Waals surface area contributed by atoms with E-state index in [0.29, 0.717) is 17.9 Å². The molecular weight excluding hydrogens is 307 g/mol. The van der Waals surface area contributed by atoms with Gasteiger partial charge in [0.15, 0.2) is 0 Å². The third-order valence-electron chi connectivity index (χ3n) is 4.19. The fraction of sp³-hybridized carbons (Fsp3) is 0.316. The molecule has 0 unspecified atom stereocenters. The fourth-order valence-corrected chi connectivity index (χ4v) is 2.70. The SMILES string of the molecule is CNCc1cccc(-c2cc(OC(=O)NC3CCC3)ccc2F)c1. The van der Waals surface area contributed by atoms with Crippen LogP contribution in [0, 0.1) is 5.82 Å². The average molecular weight is 328 g/mol. The number of benzene rings is 2. The van der Waals surface area contributed by atoms with Crippen LogP contribution in [0.2, 0.25) is 0 Å². The minimum absolute atomic E-state index is 0.204. The van der Waals surface area contributed by atoms with Gasteiger partial charge in [-0.1, -0.05) is 18.2 Å². The number of nitrogens with one attached hydrogen (secondary N) is 2. The first kappa shape index (κ1) is 16.5. The minimum Gasteiger partial charge on any atom is -0.410 e.